The summed E-state index contributed by atoms with van der Waals surface area (Å²) in [6, 6.07) is 11.1. The average Bonchev–Trinajstić information content (AvgIpc) is 2.46. The lowest BCUT2D eigenvalue weighted by Gasteiger charge is -2.14. The molecule has 1 aromatic heterocycles. The van der Waals surface area contributed by atoms with Crippen LogP contribution in [0.2, 0.25) is 0 Å². The summed E-state index contributed by atoms with van der Waals surface area (Å²) in [6.45, 7) is 1.88. The van der Waals surface area contributed by atoms with E-state index in [0.717, 1.165) is 16.9 Å². The molecule has 104 valence electrons. The Labute approximate surface area is 118 Å². The number of ether oxygens (including phenoxy) is 1. The van der Waals surface area contributed by atoms with Crippen LogP contribution in [0.1, 0.15) is 22.7 Å². The molecule has 0 saturated carbocycles. The van der Waals surface area contributed by atoms with Crippen LogP contribution in [0.5, 0.6) is 5.75 Å². The Morgan fingerprint density at radius 1 is 1.30 bits per heavy atom. The monoisotopic (exact) mass is 271 g/mol. The second kappa shape index (κ2) is 6.19. The number of hydrogen-bond donors (Lipinski definition) is 1. The molecule has 1 unspecified atom stereocenters. The summed E-state index contributed by atoms with van der Waals surface area (Å²) in [7, 11) is 1.60. The smallest absolute Gasteiger partial charge is 0.312 e. The molecule has 1 N–H and O–H groups in total. The molecular weight excluding hydrogens is 254 g/mol. The molecule has 1 atom stereocenters. The maximum Gasteiger partial charge on any atom is 0.312 e. The summed E-state index contributed by atoms with van der Waals surface area (Å²) in [4.78, 5) is 15.7. The van der Waals surface area contributed by atoms with Gasteiger partial charge in [0, 0.05) is 6.20 Å². The summed E-state index contributed by atoms with van der Waals surface area (Å²) in [5, 5.41) is 9.45. The number of aromatic nitrogens is 1. The number of carbonyl (C=O) groups is 1. The van der Waals surface area contributed by atoms with Gasteiger partial charge >= 0.3 is 5.97 Å². The van der Waals surface area contributed by atoms with Crippen LogP contribution < -0.4 is 4.74 Å². The fourth-order valence-electron chi connectivity index (χ4n) is 2.16. The van der Waals surface area contributed by atoms with E-state index in [1.54, 1.807) is 13.3 Å². The number of hydrogen-bond acceptors (Lipinski definition) is 3. The fourth-order valence-corrected chi connectivity index (χ4v) is 2.16. The molecule has 4 nitrogen and oxygen atoms in total. The van der Waals surface area contributed by atoms with Gasteiger partial charge in [-0.05, 0) is 42.7 Å². The summed E-state index contributed by atoms with van der Waals surface area (Å²) in [5.41, 5.74) is 2.47. The largest absolute Gasteiger partial charge is 0.497 e. The van der Waals surface area contributed by atoms with Crippen molar-refractivity contribution in [2.45, 2.75) is 19.3 Å². The molecule has 2 aromatic rings. The molecule has 0 aliphatic carbocycles. The van der Waals surface area contributed by atoms with Crippen LogP contribution in [0.4, 0.5) is 0 Å². The third-order valence-corrected chi connectivity index (χ3v) is 3.28. The number of nitrogens with zero attached hydrogens (tertiary/aromatic N) is 1. The maximum atomic E-state index is 11.5. The summed E-state index contributed by atoms with van der Waals surface area (Å²) in [5.74, 6) is -0.734. The zero-order valence-electron chi connectivity index (χ0n) is 11.5. The number of aliphatic carboxylic acids is 1. The number of rotatable bonds is 5. The molecule has 1 heterocycles. The van der Waals surface area contributed by atoms with Gasteiger partial charge in [0.2, 0.25) is 0 Å². The van der Waals surface area contributed by atoms with E-state index in [0.29, 0.717) is 12.1 Å². The summed E-state index contributed by atoms with van der Waals surface area (Å²) < 4.78 is 5.10. The summed E-state index contributed by atoms with van der Waals surface area (Å²) >= 11 is 0. The molecule has 0 aliphatic rings. The Balaban J connectivity index is 2.26. The number of carboxylic acids is 1. The minimum atomic E-state index is -0.859. The van der Waals surface area contributed by atoms with Crippen molar-refractivity contribution in [1.29, 1.82) is 0 Å². The van der Waals surface area contributed by atoms with Crippen molar-refractivity contribution in [2.24, 2.45) is 0 Å². The predicted octanol–water partition coefficient (Wildman–Crippen LogP) is 2.81. The van der Waals surface area contributed by atoms with Crippen LogP contribution in [0.3, 0.4) is 0 Å². The highest BCUT2D eigenvalue weighted by molar-refractivity contribution is 5.76. The van der Waals surface area contributed by atoms with Crippen molar-refractivity contribution in [1.82, 2.24) is 4.98 Å². The highest BCUT2D eigenvalue weighted by atomic mass is 16.5. The van der Waals surface area contributed by atoms with Crippen LogP contribution in [0, 0.1) is 6.92 Å². The zero-order valence-corrected chi connectivity index (χ0v) is 11.5. The molecule has 0 aliphatic heterocycles. The van der Waals surface area contributed by atoms with Gasteiger partial charge in [0.05, 0.1) is 12.8 Å². The fraction of sp³-hybridized carbons (Fsp3) is 0.250. The lowest BCUT2D eigenvalue weighted by atomic mass is 9.93. The van der Waals surface area contributed by atoms with E-state index in [2.05, 4.69) is 4.98 Å². The quantitative estimate of drug-likeness (QED) is 0.908. The minimum Gasteiger partial charge on any atom is -0.497 e. The minimum absolute atomic E-state index is 0.414. The van der Waals surface area contributed by atoms with Crippen molar-refractivity contribution < 1.29 is 14.6 Å². The number of aryl methyl sites for hydroxylation is 1. The van der Waals surface area contributed by atoms with Gasteiger partial charge < -0.3 is 9.84 Å². The maximum absolute atomic E-state index is 11.5. The first-order valence-electron chi connectivity index (χ1n) is 6.39. The van der Waals surface area contributed by atoms with Gasteiger partial charge in [-0.3, -0.25) is 9.78 Å². The van der Waals surface area contributed by atoms with E-state index in [-0.39, 0.29) is 0 Å². The van der Waals surface area contributed by atoms with Crippen LogP contribution in [0.15, 0.2) is 42.6 Å². The Morgan fingerprint density at radius 2 is 2.00 bits per heavy atom. The normalized spacial score (nSPS) is 11.9. The van der Waals surface area contributed by atoms with Gasteiger partial charge in [-0.25, -0.2) is 0 Å². The Bertz CT molecular complexity index is 593. The first-order chi connectivity index (χ1) is 9.61. The van der Waals surface area contributed by atoms with E-state index in [9.17, 15) is 9.90 Å². The van der Waals surface area contributed by atoms with Crippen LogP contribution in [0.25, 0.3) is 0 Å². The van der Waals surface area contributed by atoms with Crippen molar-refractivity contribution in [3.8, 4) is 5.75 Å². The van der Waals surface area contributed by atoms with E-state index in [4.69, 9.17) is 4.74 Å². The van der Waals surface area contributed by atoms with Gasteiger partial charge in [0.1, 0.15) is 11.7 Å². The predicted molar refractivity (Wildman–Crippen MR) is 76.0 cm³/mol. The van der Waals surface area contributed by atoms with Crippen molar-refractivity contribution in [2.75, 3.05) is 7.11 Å². The van der Waals surface area contributed by atoms with E-state index in [1.807, 2.05) is 43.3 Å². The first-order valence-corrected chi connectivity index (χ1v) is 6.39. The number of carboxylic acid groups (broad SMARTS) is 1. The van der Waals surface area contributed by atoms with Gasteiger partial charge in [-0.1, -0.05) is 18.2 Å². The molecule has 2 rings (SSSR count). The average molecular weight is 271 g/mol. The number of benzene rings is 1. The lowest BCUT2D eigenvalue weighted by molar-refractivity contribution is -0.138. The molecule has 1 aromatic carbocycles. The molecule has 0 saturated heterocycles. The SMILES string of the molecule is COc1ccc(CC(C(=O)O)c2ncccc2C)cc1. The van der Waals surface area contributed by atoms with Gasteiger partial charge in [0.25, 0.3) is 0 Å². The van der Waals surface area contributed by atoms with Gasteiger partial charge in [-0.2, -0.15) is 0 Å². The third kappa shape index (κ3) is 3.15. The Morgan fingerprint density at radius 3 is 2.55 bits per heavy atom. The topological polar surface area (TPSA) is 59.4 Å². The van der Waals surface area contributed by atoms with Crippen molar-refractivity contribution in [3.63, 3.8) is 0 Å². The Hall–Kier alpha value is -2.36. The Kier molecular flexibility index (Phi) is 4.35. The number of pyridine rings is 1. The molecule has 0 spiro atoms. The zero-order chi connectivity index (χ0) is 14.5. The highest BCUT2D eigenvalue weighted by Crippen LogP contribution is 2.23. The van der Waals surface area contributed by atoms with Gasteiger partial charge in [-0.15, -0.1) is 0 Å². The van der Waals surface area contributed by atoms with Crippen molar-refractivity contribution in [3.05, 3.63) is 59.4 Å². The van der Waals surface area contributed by atoms with E-state index in [1.165, 1.54) is 0 Å². The third-order valence-electron chi connectivity index (χ3n) is 3.28. The first kappa shape index (κ1) is 14.1. The van der Waals surface area contributed by atoms with E-state index < -0.39 is 11.9 Å². The second-order valence-corrected chi connectivity index (χ2v) is 4.65. The molecule has 0 radical (unpaired) electrons. The number of methoxy groups -OCH3 is 1. The van der Waals surface area contributed by atoms with Crippen LogP contribution >= 0.6 is 0 Å². The molecular formula is C16H17NO3. The molecule has 4 heteroatoms. The van der Waals surface area contributed by atoms with Crippen LogP contribution in [-0.4, -0.2) is 23.2 Å². The van der Waals surface area contributed by atoms with Crippen molar-refractivity contribution >= 4 is 5.97 Å². The molecule has 0 fully saturated rings. The standard InChI is InChI=1S/C16H17NO3/c1-11-4-3-9-17-15(11)14(16(18)19)10-12-5-7-13(20-2)8-6-12/h3-9,14H,10H2,1-2H3,(H,18,19). The second-order valence-electron chi connectivity index (χ2n) is 4.65. The molecule has 20 heavy (non-hydrogen) atoms. The molecule has 0 bridgehead atoms. The lowest BCUT2D eigenvalue weighted by Crippen LogP contribution is -2.17. The van der Waals surface area contributed by atoms with Gasteiger partial charge in [0.15, 0.2) is 0 Å². The van der Waals surface area contributed by atoms with E-state index >= 15 is 0 Å². The molecule has 0 amide bonds. The highest BCUT2D eigenvalue weighted by Gasteiger charge is 2.23. The van der Waals surface area contributed by atoms with Crippen LogP contribution in [-0.2, 0) is 11.2 Å². The summed E-state index contributed by atoms with van der Waals surface area (Å²) in [6.07, 6.45) is 2.05.